The highest BCUT2D eigenvalue weighted by Gasteiger charge is 2.36. The summed E-state index contributed by atoms with van der Waals surface area (Å²) in [6.45, 7) is 9.06. The smallest absolute Gasteiger partial charge is 0.170 e. The molecule has 0 aliphatic carbocycles. The minimum absolute atomic E-state index is 0.180. The van der Waals surface area contributed by atoms with Gasteiger partial charge in [-0.2, -0.15) is 0 Å². The van der Waals surface area contributed by atoms with Crippen LogP contribution in [0, 0.1) is 13.8 Å². The lowest BCUT2D eigenvalue weighted by Crippen LogP contribution is -2.32. The number of ether oxygens (including phenoxy) is 3. The molecule has 0 aliphatic heterocycles. The molecule has 40 heavy (non-hydrogen) atoms. The summed E-state index contributed by atoms with van der Waals surface area (Å²) in [7, 11) is -0.824. The summed E-state index contributed by atoms with van der Waals surface area (Å²) >= 11 is 0. The fraction of sp³-hybridized carbons (Fsp3) is 0.393. The van der Waals surface area contributed by atoms with Crippen LogP contribution in [-0.4, -0.2) is 63.7 Å². The Bertz CT molecular complexity index is 1550. The molecule has 12 heteroatoms. The third-order valence-electron chi connectivity index (χ3n) is 6.29. The largest absolute Gasteiger partial charge is 0.494 e. The van der Waals surface area contributed by atoms with Crippen LogP contribution in [0.4, 0.5) is 0 Å². The molecule has 11 nitrogen and oxygen atoms in total. The van der Waals surface area contributed by atoms with E-state index in [4.69, 9.17) is 14.2 Å². The second-order valence-corrected chi connectivity index (χ2v) is 12.1. The molecular formula is C28H34N6O5S. The van der Waals surface area contributed by atoms with Gasteiger partial charge in [0.1, 0.15) is 29.0 Å². The van der Waals surface area contributed by atoms with Gasteiger partial charge in [-0.05, 0) is 63.9 Å². The van der Waals surface area contributed by atoms with Crippen LogP contribution >= 0.6 is 0 Å². The summed E-state index contributed by atoms with van der Waals surface area (Å²) in [6.07, 6.45) is 5.52. The number of para-hydroxylation sites is 1. The standard InChI is InChI=1S/C28H34N6O5S/c1-17(2)39-26(27-30-13-19(4)14-31-27)20(5)40(35,36)16-24-32-33-28(21-11-18(3)12-29-15-21)34(24)25-22(37-6)9-8-10-23(25)38-7/h8-15,17,20,26H,16H2,1-7H3/t20-,26?/m1/s1. The van der Waals surface area contributed by atoms with Gasteiger partial charge in [-0.15, -0.1) is 10.2 Å². The number of methoxy groups -OCH3 is 2. The van der Waals surface area contributed by atoms with Gasteiger partial charge in [0.2, 0.25) is 0 Å². The van der Waals surface area contributed by atoms with E-state index in [9.17, 15) is 8.42 Å². The molecule has 212 valence electrons. The highest BCUT2D eigenvalue weighted by Crippen LogP contribution is 2.37. The van der Waals surface area contributed by atoms with Gasteiger partial charge in [-0.3, -0.25) is 9.55 Å². The van der Waals surface area contributed by atoms with Crippen LogP contribution in [0.25, 0.3) is 17.1 Å². The van der Waals surface area contributed by atoms with E-state index in [1.165, 1.54) is 14.2 Å². The lowest BCUT2D eigenvalue weighted by Gasteiger charge is -2.25. The molecule has 4 aromatic rings. The van der Waals surface area contributed by atoms with Crippen molar-refractivity contribution in [1.82, 2.24) is 29.7 Å². The average Bonchev–Trinajstić information content (AvgIpc) is 3.33. The number of hydrogen-bond donors (Lipinski definition) is 0. The van der Waals surface area contributed by atoms with E-state index in [1.807, 2.05) is 33.8 Å². The molecule has 0 saturated heterocycles. The van der Waals surface area contributed by atoms with Crippen molar-refractivity contribution in [3.63, 3.8) is 0 Å². The second kappa shape index (κ2) is 12.1. The summed E-state index contributed by atoms with van der Waals surface area (Å²) in [4.78, 5) is 13.0. The minimum atomic E-state index is -3.89. The first-order valence-corrected chi connectivity index (χ1v) is 14.5. The van der Waals surface area contributed by atoms with Crippen LogP contribution in [0.5, 0.6) is 11.5 Å². The zero-order chi connectivity index (χ0) is 29.0. The van der Waals surface area contributed by atoms with Crippen LogP contribution in [0.15, 0.2) is 49.1 Å². The highest BCUT2D eigenvalue weighted by molar-refractivity contribution is 7.91. The van der Waals surface area contributed by atoms with Crippen molar-refractivity contribution in [1.29, 1.82) is 0 Å². The summed E-state index contributed by atoms with van der Waals surface area (Å²) < 4.78 is 46.9. The van der Waals surface area contributed by atoms with Crippen LogP contribution in [0.1, 0.15) is 49.7 Å². The molecular weight excluding hydrogens is 532 g/mol. The van der Waals surface area contributed by atoms with Gasteiger partial charge in [-0.1, -0.05) is 6.07 Å². The maximum absolute atomic E-state index is 14.0. The molecule has 0 bridgehead atoms. The molecule has 0 amide bonds. The van der Waals surface area contributed by atoms with Gasteiger partial charge in [-0.25, -0.2) is 18.4 Å². The Balaban J connectivity index is 1.85. The fourth-order valence-corrected chi connectivity index (χ4v) is 5.66. The molecule has 1 aromatic carbocycles. The number of aryl methyl sites for hydroxylation is 2. The fourth-order valence-electron chi connectivity index (χ4n) is 4.29. The number of nitrogens with zero attached hydrogens (tertiary/aromatic N) is 6. The predicted molar refractivity (Wildman–Crippen MR) is 150 cm³/mol. The summed E-state index contributed by atoms with van der Waals surface area (Å²) in [5, 5.41) is 7.75. The molecule has 0 saturated carbocycles. The van der Waals surface area contributed by atoms with E-state index < -0.39 is 26.9 Å². The third-order valence-corrected chi connectivity index (χ3v) is 8.33. The van der Waals surface area contributed by atoms with Crippen molar-refractivity contribution in [3.05, 3.63) is 71.8 Å². The predicted octanol–water partition coefficient (Wildman–Crippen LogP) is 4.22. The Morgan fingerprint density at radius 3 is 2.12 bits per heavy atom. The summed E-state index contributed by atoms with van der Waals surface area (Å²) in [5.41, 5.74) is 2.91. The van der Waals surface area contributed by atoms with Gasteiger partial charge in [0.15, 0.2) is 27.3 Å². The summed E-state index contributed by atoms with van der Waals surface area (Å²) in [6, 6.07) is 7.21. The van der Waals surface area contributed by atoms with Crippen molar-refractivity contribution < 1.29 is 22.6 Å². The van der Waals surface area contributed by atoms with Crippen LogP contribution in [0.2, 0.25) is 0 Å². The van der Waals surface area contributed by atoms with Crippen molar-refractivity contribution in [2.24, 2.45) is 0 Å². The molecule has 0 spiro atoms. The molecule has 1 unspecified atom stereocenters. The molecule has 3 heterocycles. The summed E-state index contributed by atoms with van der Waals surface area (Å²) in [5.74, 6) is 1.36. The molecule has 0 aliphatic rings. The topological polar surface area (TPSA) is 131 Å². The molecule has 0 N–H and O–H groups in total. The Morgan fingerprint density at radius 2 is 1.55 bits per heavy atom. The normalized spacial score (nSPS) is 13.3. The average molecular weight is 567 g/mol. The first-order valence-electron chi connectivity index (χ1n) is 12.8. The Labute approximate surface area is 234 Å². The van der Waals surface area contributed by atoms with Gasteiger partial charge >= 0.3 is 0 Å². The number of sulfone groups is 1. The van der Waals surface area contributed by atoms with E-state index in [2.05, 4.69) is 25.1 Å². The van der Waals surface area contributed by atoms with E-state index in [0.717, 1.165) is 11.1 Å². The Hall–Kier alpha value is -3.90. The van der Waals surface area contributed by atoms with Crippen LogP contribution in [0.3, 0.4) is 0 Å². The Kier molecular flexibility index (Phi) is 8.79. The maximum Gasteiger partial charge on any atom is 0.170 e. The number of pyridine rings is 1. The number of benzene rings is 1. The molecule has 4 rings (SSSR count). The highest BCUT2D eigenvalue weighted by atomic mass is 32.2. The lowest BCUT2D eigenvalue weighted by atomic mass is 10.2. The zero-order valence-electron chi connectivity index (χ0n) is 23.7. The van der Waals surface area contributed by atoms with Crippen LogP contribution < -0.4 is 9.47 Å². The van der Waals surface area contributed by atoms with E-state index in [1.54, 1.807) is 54.5 Å². The molecule has 3 aromatic heterocycles. The monoisotopic (exact) mass is 566 g/mol. The van der Waals surface area contributed by atoms with E-state index >= 15 is 0 Å². The van der Waals surface area contributed by atoms with E-state index in [-0.39, 0.29) is 11.9 Å². The van der Waals surface area contributed by atoms with Gasteiger partial charge in [0.05, 0.1) is 25.6 Å². The molecule has 0 radical (unpaired) electrons. The first kappa shape index (κ1) is 29.1. The van der Waals surface area contributed by atoms with E-state index in [0.29, 0.717) is 34.4 Å². The first-order chi connectivity index (χ1) is 19.1. The number of hydrogen-bond acceptors (Lipinski definition) is 10. The van der Waals surface area contributed by atoms with Crippen molar-refractivity contribution in [3.8, 4) is 28.6 Å². The number of aromatic nitrogens is 6. The van der Waals surface area contributed by atoms with Gasteiger partial charge < -0.3 is 14.2 Å². The Morgan fingerprint density at radius 1 is 0.900 bits per heavy atom. The van der Waals surface area contributed by atoms with Crippen molar-refractivity contribution in [2.75, 3.05) is 14.2 Å². The third kappa shape index (κ3) is 6.13. The van der Waals surface area contributed by atoms with Gasteiger partial charge in [0, 0.05) is 30.4 Å². The quantitative estimate of drug-likeness (QED) is 0.260. The maximum atomic E-state index is 14.0. The molecule has 2 atom stereocenters. The van der Waals surface area contributed by atoms with Gasteiger partial charge in [0.25, 0.3) is 0 Å². The zero-order valence-corrected chi connectivity index (χ0v) is 24.5. The number of rotatable bonds is 11. The van der Waals surface area contributed by atoms with Crippen molar-refractivity contribution in [2.45, 2.75) is 57.8 Å². The second-order valence-electron chi connectivity index (χ2n) is 9.77. The van der Waals surface area contributed by atoms with Crippen molar-refractivity contribution >= 4 is 9.84 Å². The SMILES string of the molecule is COc1cccc(OC)c1-n1c(CS(=O)(=O)[C@H](C)C(OC(C)C)c2ncc(C)cn2)nnc1-c1cncc(C)c1. The van der Waals surface area contributed by atoms with Crippen LogP contribution in [-0.2, 0) is 20.3 Å². The molecule has 0 fully saturated rings. The lowest BCUT2D eigenvalue weighted by molar-refractivity contribution is 0.00141. The minimum Gasteiger partial charge on any atom is -0.494 e.